The molecule has 0 radical (unpaired) electrons. The van der Waals surface area contributed by atoms with Crippen molar-refractivity contribution in [3.63, 3.8) is 0 Å². The zero-order chi connectivity index (χ0) is 106. The number of ether oxygens (including phenoxy) is 25. The summed E-state index contributed by atoms with van der Waals surface area (Å²) >= 11 is 0. The van der Waals surface area contributed by atoms with Crippen LogP contribution in [0.4, 0.5) is 0 Å². The molecule has 0 aromatic carbocycles. The zero-order valence-electron chi connectivity index (χ0n) is 75.9. The van der Waals surface area contributed by atoms with Gasteiger partial charge in [0.1, 0.15) is 323 Å². The summed E-state index contributed by atoms with van der Waals surface area (Å²) in [5.41, 5.74) is 0. The van der Waals surface area contributed by atoms with E-state index in [9.17, 15) is 209 Å². The largest absolute Gasteiger partial charge is 0.394 e. The highest BCUT2D eigenvalue weighted by molar-refractivity contribution is 5.12. The van der Waals surface area contributed by atoms with E-state index in [4.69, 9.17) is 118 Å². The van der Waals surface area contributed by atoms with Crippen LogP contribution in [0.2, 0.25) is 0 Å². The molecule has 13 saturated heterocycles. The van der Waals surface area contributed by atoms with Crippen molar-refractivity contribution in [2.75, 3.05) is 165 Å². The quantitative estimate of drug-likeness (QED) is 0.0269. The van der Waals surface area contributed by atoms with Crippen LogP contribution in [0, 0.1) is 0 Å². The topological polar surface area (TPSA) is 1060 Å². The van der Waals surface area contributed by atoms with Gasteiger partial charge in [0.25, 0.3) is 0 Å². The molecule has 840 valence electrons. The molecular weight excluding hydrogens is 1990 g/mol. The molecule has 41 N–H and O–H groups in total. The Kier molecular flexibility index (Phi) is 38.2. The molecule has 0 amide bonds. The maximum absolute atomic E-state index is 12.3. The fourth-order valence-corrected chi connectivity index (χ4v) is 19.2. The van der Waals surface area contributed by atoms with E-state index in [2.05, 4.69) is 0 Å². The van der Waals surface area contributed by atoms with Crippen molar-refractivity contribution in [1.29, 1.82) is 0 Å². The third kappa shape index (κ3) is 21.0. The van der Waals surface area contributed by atoms with E-state index < -0.39 is 485 Å². The number of aliphatic hydroxyl groups excluding tert-OH is 41. The average molecular weight is 2130 g/mol. The van der Waals surface area contributed by atoms with Crippen LogP contribution in [0.15, 0.2) is 0 Å². The molecule has 0 spiro atoms. The van der Waals surface area contributed by atoms with Crippen LogP contribution in [0.5, 0.6) is 0 Å². The predicted molar refractivity (Wildman–Crippen MR) is 428 cm³/mol. The minimum absolute atomic E-state index is 0.995. The van der Waals surface area contributed by atoms with Gasteiger partial charge in [0.2, 0.25) is 69.4 Å². The van der Waals surface area contributed by atoms with Crippen molar-refractivity contribution in [1.82, 2.24) is 0 Å². The number of aliphatic hydroxyl groups is 41. The average Bonchev–Trinajstić information content (AvgIpc) is 1.59. The van der Waals surface area contributed by atoms with Crippen LogP contribution in [0.1, 0.15) is 0 Å². The maximum atomic E-state index is 12.3. The number of hydrogen-bond acceptors (Lipinski definition) is 66. The number of rotatable bonds is 49. The third-order valence-electron chi connectivity index (χ3n) is 28.3. The molecule has 53 atom stereocenters. The summed E-state index contributed by atoms with van der Waals surface area (Å²) in [6.45, 7) is -34.8. The predicted octanol–water partition coefficient (Wildman–Crippen LogP) is -29.3. The summed E-state index contributed by atoms with van der Waals surface area (Å²) in [5, 5.41) is 459. The standard InChI is InChI=1S/C78H132O66/c79-1-26-39(93)52(106)53(107)66(131-26)144-78(65(119)51(105)38(13-91)143-78)25-130-77(64(118)50(104)37(12-90)142-77)24-129-76(63(117)49(103)36(11-89)141-76)23-128-75(62(116)48(102)35(10-88)140-75)22-127-74(61(115)47(101)34(9-87)139-74)21-126-73(60(114)46(100)33(8-86)138-73)20-125-72(59(113)45(99)32(7-85)137-72)19-124-71(58(112)44(98)31(6-84)136-71)18-123-70(57(111)43(97)30(5-83)135-70)17-122-69(56(110)42(96)29(4-82)134-69)16-121-68(55(109)41(95)28(3-81)133-68)15-120-67(14-92)54(108)40(94)27(2-80)132-67/h26-66,79-119H,1-25H2/t26-,27-,28-,29-,30-,31-,32-,33-,34-,35-,36-,37-,38-,39-,40-,41-,42-,43-,44-,45-,46-,47-,48-,49-,50-,51-,52+,53-,54+,55+,56+,57+,58+,59+,60+,61+,62+,63+,64+,65+,66-,67-,68-,69-,70-,71-,72-,73-,74-,75-,76-,77-,78+/m1/s1. The molecule has 0 aromatic heterocycles. The van der Waals surface area contributed by atoms with Gasteiger partial charge >= 0.3 is 0 Å². The van der Waals surface area contributed by atoms with E-state index in [1.165, 1.54) is 0 Å². The van der Waals surface area contributed by atoms with Gasteiger partial charge in [-0.05, 0) is 0 Å². The molecule has 13 fully saturated rings. The Bertz CT molecular complexity index is 3890. The van der Waals surface area contributed by atoms with Gasteiger partial charge in [-0.2, -0.15) is 0 Å². The van der Waals surface area contributed by atoms with Crippen molar-refractivity contribution >= 4 is 0 Å². The van der Waals surface area contributed by atoms with Gasteiger partial charge in [-0.25, -0.2) is 0 Å². The molecule has 13 heterocycles. The van der Waals surface area contributed by atoms with E-state index in [0.29, 0.717) is 0 Å². The van der Waals surface area contributed by atoms with E-state index in [1.54, 1.807) is 0 Å². The van der Waals surface area contributed by atoms with Crippen LogP contribution < -0.4 is 0 Å². The Hall–Kier alpha value is -2.64. The first kappa shape index (κ1) is 118. The van der Waals surface area contributed by atoms with Gasteiger partial charge in [0.15, 0.2) is 6.29 Å². The van der Waals surface area contributed by atoms with Gasteiger partial charge < -0.3 is 328 Å². The first-order valence-electron chi connectivity index (χ1n) is 45.4. The minimum atomic E-state index is -3.34. The lowest BCUT2D eigenvalue weighted by Crippen LogP contribution is -2.64. The lowest BCUT2D eigenvalue weighted by atomic mass is 9.99. The molecule has 144 heavy (non-hydrogen) atoms. The van der Waals surface area contributed by atoms with Crippen LogP contribution in [0.25, 0.3) is 0 Å². The summed E-state index contributed by atoms with van der Waals surface area (Å²) in [6, 6.07) is 0. The van der Waals surface area contributed by atoms with E-state index in [-0.39, 0.29) is 0 Å². The smallest absolute Gasteiger partial charge is 0.224 e. The molecule has 0 saturated carbocycles. The number of hydrogen-bond donors (Lipinski definition) is 41. The van der Waals surface area contributed by atoms with Gasteiger partial charge in [-0.1, -0.05) is 0 Å². The molecule has 0 unspecified atom stereocenters. The first-order chi connectivity index (χ1) is 67.9. The third-order valence-corrected chi connectivity index (χ3v) is 28.3. The van der Waals surface area contributed by atoms with Crippen molar-refractivity contribution in [3.8, 4) is 0 Å². The Morgan fingerprint density at radius 2 is 0.264 bits per heavy atom. The van der Waals surface area contributed by atoms with Gasteiger partial charge in [-0.15, -0.1) is 0 Å². The second kappa shape index (κ2) is 46.4. The second-order valence-electron chi connectivity index (χ2n) is 37.2. The van der Waals surface area contributed by atoms with E-state index in [1.807, 2.05) is 0 Å². The van der Waals surface area contributed by atoms with Gasteiger partial charge in [-0.3, -0.25) is 0 Å². The molecule has 66 nitrogen and oxygen atoms in total. The Morgan fingerprint density at radius 1 is 0.139 bits per heavy atom. The molecule has 66 heteroatoms. The van der Waals surface area contributed by atoms with Crippen LogP contribution in [-0.4, -0.2) is 694 Å². The minimum Gasteiger partial charge on any atom is -0.394 e. The zero-order valence-corrected chi connectivity index (χ0v) is 75.9. The Morgan fingerprint density at radius 3 is 0.410 bits per heavy atom. The second-order valence-corrected chi connectivity index (χ2v) is 37.2. The van der Waals surface area contributed by atoms with Gasteiger partial charge in [0, 0.05) is 0 Å². The molecule has 0 aromatic rings. The molecule has 0 aliphatic carbocycles. The lowest BCUT2D eigenvalue weighted by Gasteiger charge is -2.45. The maximum Gasteiger partial charge on any atom is 0.224 e. The van der Waals surface area contributed by atoms with E-state index >= 15 is 0 Å². The van der Waals surface area contributed by atoms with Gasteiger partial charge in [0.05, 0.1) is 85.9 Å². The summed E-state index contributed by atoms with van der Waals surface area (Å²) in [6.07, 6.45) is -92.9. The lowest BCUT2D eigenvalue weighted by molar-refractivity contribution is -0.407. The molecular formula is C78H132O66. The monoisotopic (exact) mass is 2120 g/mol. The van der Waals surface area contributed by atoms with Crippen molar-refractivity contribution in [2.45, 2.75) is 320 Å². The Balaban J connectivity index is 0.790. The first-order valence-corrected chi connectivity index (χ1v) is 45.4. The van der Waals surface area contributed by atoms with Crippen LogP contribution in [0.3, 0.4) is 0 Å². The SMILES string of the molecule is OC[C@H]1O[C@@](CO)(OC[C@@]2(OC[C@@]3(OC[C@@]4(OC[C@@]5(OC[C@@]6(OC[C@@]7(OC[C@@]8(OC[C@@]9(OC[C@@]%10(OC[C@@]%11(OC[C@@]%12(O[C@H]%13O[C@H](CO)[C@@H](O)[C@H](O)[C@H]%13O)O[C@H](CO)[C@@H](O)[C@@H]%12O)O[C@H](CO)[C@@H](O)[C@@H]%11O)O[C@H](CO)[C@@H](O)[C@@H]%10O)O[C@H](CO)[C@@H](O)[C@@H]9O)O[C@H](CO)[C@@H](O)[C@@H]8O)O[C@H](CO)[C@@H](O)[C@@H]7O)O[C@H](CO)[C@@H](O)[C@@H]6O)O[C@H](CO)[C@@H](O)[C@@H]5O)O[C@H](CO)[C@@H](O)[C@@H]4O)O[C@H](CO)[C@@H](O)[C@@H]3O)O[C@H](CO)[C@@H](O)[C@@H]2O)[C@@H](O)[C@@H]1O. The highest BCUT2D eigenvalue weighted by atomic mass is 16.9. The highest BCUT2D eigenvalue weighted by Crippen LogP contribution is 2.51. The normalized spacial score (nSPS) is 52.9. The highest BCUT2D eigenvalue weighted by Gasteiger charge is 2.73. The summed E-state index contributed by atoms with van der Waals surface area (Å²) < 4.78 is 148. The molecule has 13 aliphatic heterocycles. The fourth-order valence-electron chi connectivity index (χ4n) is 19.2. The molecule has 13 rings (SSSR count). The van der Waals surface area contributed by atoms with Crippen LogP contribution in [-0.2, 0) is 118 Å². The van der Waals surface area contributed by atoms with Crippen molar-refractivity contribution in [2.24, 2.45) is 0 Å². The molecule has 13 aliphatic rings. The summed E-state index contributed by atoms with van der Waals surface area (Å²) in [7, 11) is 0. The molecule has 0 bridgehead atoms. The van der Waals surface area contributed by atoms with Crippen molar-refractivity contribution in [3.05, 3.63) is 0 Å². The van der Waals surface area contributed by atoms with Crippen molar-refractivity contribution < 1.29 is 328 Å². The van der Waals surface area contributed by atoms with Crippen LogP contribution >= 0.6 is 0 Å². The van der Waals surface area contributed by atoms with E-state index in [0.717, 1.165) is 0 Å². The summed E-state index contributed by atoms with van der Waals surface area (Å²) in [5.74, 6) is -38.2. The Labute approximate surface area is 810 Å². The fraction of sp³-hybridized carbons (Fsp3) is 1.00. The summed E-state index contributed by atoms with van der Waals surface area (Å²) in [4.78, 5) is 0.